The first-order valence-corrected chi connectivity index (χ1v) is 5.30. The molecule has 1 rings (SSSR count). The molecule has 17 heavy (non-hydrogen) atoms. The van der Waals surface area contributed by atoms with Gasteiger partial charge in [0.05, 0.1) is 5.57 Å². The van der Waals surface area contributed by atoms with Crippen LogP contribution in [0.3, 0.4) is 0 Å². The topological polar surface area (TPSA) is 61.1 Å². The number of nitriles is 1. The van der Waals surface area contributed by atoms with Crippen molar-refractivity contribution in [2.75, 3.05) is 0 Å². The van der Waals surface area contributed by atoms with E-state index in [0.29, 0.717) is 5.56 Å². The summed E-state index contributed by atoms with van der Waals surface area (Å²) in [4.78, 5) is 10.5. The summed E-state index contributed by atoms with van der Waals surface area (Å²) in [5.41, 5.74) is 1.98. The quantitative estimate of drug-likeness (QED) is 0.626. The van der Waals surface area contributed by atoms with Gasteiger partial charge in [0.1, 0.15) is 6.07 Å². The molecule has 88 valence electrons. The van der Waals surface area contributed by atoms with Crippen LogP contribution in [0, 0.1) is 11.3 Å². The smallest absolute Gasteiger partial charge is 0.329 e. The van der Waals surface area contributed by atoms with Crippen LogP contribution in [0.1, 0.15) is 31.9 Å². The highest BCUT2D eigenvalue weighted by atomic mass is 16.4. The summed E-state index contributed by atoms with van der Waals surface area (Å²) in [6.07, 6.45) is 0.923. The van der Waals surface area contributed by atoms with Gasteiger partial charge in [-0.05, 0) is 16.5 Å². The van der Waals surface area contributed by atoms with Crippen LogP contribution in [0.15, 0.2) is 30.3 Å². The van der Waals surface area contributed by atoms with E-state index in [0.717, 1.165) is 11.6 Å². The van der Waals surface area contributed by atoms with Gasteiger partial charge in [-0.15, -0.1) is 0 Å². The lowest BCUT2D eigenvalue weighted by Gasteiger charge is -2.19. The molecule has 0 radical (unpaired) electrons. The van der Waals surface area contributed by atoms with Gasteiger partial charge in [0.15, 0.2) is 0 Å². The largest absolute Gasteiger partial charge is 0.478 e. The first-order chi connectivity index (χ1) is 7.84. The summed E-state index contributed by atoms with van der Waals surface area (Å²) >= 11 is 0. The molecule has 0 saturated heterocycles. The standard InChI is InChI=1S/C14H15NO2/c1-14(2,3)12-6-4-10(5-7-12)11(9-15)8-13(16)17/h4-8H,1-3H3,(H,16,17)/b11-8+. The summed E-state index contributed by atoms with van der Waals surface area (Å²) in [6.45, 7) is 6.29. The highest BCUT2D eigenvalue weighted by molar-refractivity contribution is 5.94. The molecule has 0 aromatic heterocycles. The Balaban J connectivity index is 3.11. The number of aliphatic carboxylic acids is 1. The van der Waals surface area contributed by atoms with Gasteiger partial charge in [-0.1, -0.05) is 45.0 Å². The molecule has 0 fully saturated rings. The van der Waals surface area contributed by atoms with E-state index in [9.17, 15) is 4.79 Å². The Morgan fingerprint density at radius 1 is 1.29 bits per heavy atom. The van der Waals surface area contributed by atoms with Gasteiger partial charge in [0, 0.05) is 6.08 Å². The normalized spacial score (nSPS) is 12.0. The van der Waals surface area contributed by atoms with Gasteiger partial charge in [-0.25, -0.2) is 4.79 Å². The number of carboxylic acids is 1. The fourth-order valence-corrected chi connectivity index (χ4v) is 1.45. The average molecular weight is 229 g/mol. The maximum absolute atomic E-state index is 10.5. The molecule has 0 saturated carbocycles. The number of hydrogen-bond donors (Lipinski definition) is 1. The highest BCUT2D eigenvalue weighted by Gasteiger charge is 2.13. The number of carbonyl (C=O) groups is 1. The molecular weight excluding hydrogens is 214 g/mol. The van der Waals surface area contributed by atoms with Crippen molar-refractivity contribution < 1.29 is 9.90 Å². The minimum atomic E-state index is -1.11. The Labute approximate surface area is 101 Å². The summed E-state index contributed by atoms with van der Waals surface area (Å²) in [6, 6.07) is 9.28. The molecule has 0 aliphatic rings. The van der Waals surface area contributed by atoms with E-state index >= 15 is 0 Å². The maximum Gasteiger partial charge on any atom is 0.329 e. The monoisotopic (exact) mass is 229 g/mol. The van der Waals surface area contributed by atoms with E-state index in [-0.39, 0.29) is 11.0 Å². The average Bonchev–Trinajstić information content (AvgIpc) is 2.24. The van der Waals surface area contributed by atoms with Gasteiger partial charge in [-0.2, -0.15) is 5.26 Å². The van der Waals surface area contributed by atoms with Gasteiger partial charge in [0.2, 0.25) is 0 Å². The lowest BCUT2D eigenvalue weighted by Crippen LogP contribution is -2.10. The summed E-state index contributed by atoms with van der Waals surface area (Å²) in [5, 5.41) is 17.5. The van der Waals surface area contributed by atoms with Gasteiger partial charge < -0.3 is 5.11 Å². The second-order valence-electron chi connectivity index (χ2n) is 4.84. The van der Waals surface area contributed by atoms with Crippen LogP contribution in [0.2, 0.25) is 0 Å². The Morgan fingerprint density at radius 3 is 2.18 bits per heavy atom. The van der Waals surface area contributed by atoms with Gasteiger partial charge in [-0.3, -0.25) is 0 Å². The van der Waals surface area contributed by atoms with E-state index in [1.54, 1.807) is 12.1 Å². The van der Waals surface area contributed by atoms with E-state index in [2.05, 4.69) is 20.8 Å². The zero-order valence-corrected chi connectivity index (χ0v) is 10.2. The zero-order valence-electron chi connectivity index (χ0n) is 10.2. The highest BCUT2D eigenvalue weighted by Crippen LogP contribution is 2.24. The summed E-state index contributed by atoms with van der Waals surface area (Å²) in [5.74, 6) is -1.11. The number of carboxylic acid groups (broad SMARTS) is 1. The molecule has 1 N–H and O–H groups in total. The van der Waals surface area contributed by atoms with Gasteiger partial charge in [0.25, 0.3) is 0 Å². The first-order valence-electron chi connectivity index (χ1n) is 5.30. The first kappa shape index (κ1) is 13.0. The fraction of sp³-hybridized carbons (Fsp3) is 0.286. The van der Waals surface area contributed by atoms with Crippen LogP contribution in [0.25, 0.3) is 5.57 Å². The van der Waals surface area contributed by atoms with E-state index in [1.165, 1.54) is 0 Å². The third-order valence-corrected chi connectivity index (χ3v) is 2.45. The molecule has 0 spiro atoms. The molecule has 0 aliphatic heterocycles. The van der Waals surface area contributed by atoms with Crippen molar-refractivity contribution in [3.8, 4) is 6.07 Å². The Kier molecular flexibility index (Phi) is 3.69. The number of benzene rings is 1. The van der Waals surface area contributed by atoms with Crippen LogP contribution in [-0.4, -0.2) is 11.1 Å². The Morgan fingerprint density at radius 2 is 1.82 bits per heavy atom. The number of hydrogen-bond acceptors (Lipinski definition) is 2. The molecule has 0 unspecified atom stereocenters. The van der Waals surface area contributed by atoms with Crippen molar-refractivity contribution in [1.82, 2.24) is 0 Å². The van der Waals surface area contributed by atoms with Crippen molar-refractivity contribution in [2.24, 2.45) is 0 Å². The predicted molar refractivity (Wildman–Crippen MR) is 66.4 cm³/mol. The minimum Gasteiger partial charge on any atom is -0.478 e. The van der Waals surface area contributed by atoms with Crippen molar-refractivity contribution in [3.05, 3.63) is 41.5 Å². The Bertz CT molecular complexity index is 484. The summed E-state index contributed by atoms with van der Waals surface area (Å²) in [7, 11) is 0. The van der Waals surface area contributed by atoms with Gasteiger partial charge >= 0.3 is 5.97 Å². The molecule has 0 bridgehead atoms. The van der Waals surface area contributed by atoms with Crippen LogP contribution >= 0.6 is 0 Å². The van der Waals surface area contributed by atoms with Crippen LogP contribution in [0.4, 0.5) is 0 Å². The van der Waals surface area contributed by atoms with Crippen LogP contribution in [0.5, 0.6) is 0 Å². The lowest BCUT2D eigenvalue weighted by molar-refractivity contribution is -0.131. The van der Waals surface area contributed by atoms with Crippen molar-refractivity contribution >= 4 is 11.5 Å². The van der Waals surface area contributed by atoms with Crippen LogP contribution < -0.4 is 0 Å². The SMILES string of the molecule is CC(C)(C)c1ccc(/C(C#N)=C/C(=O)O)cc1. The van der Waals surface area contributed by atoms with Crippen LogP contribution in [-0.2, 0) is 10.2 Å². The molecule has 0 amide bonds. The van der Waals surface area contributed by atoms with E-state index in [1.807, 2.05) is 18.2 Å². The van der Waals surface area contributed by atoms with E-state index < -0.39 is 5.97 Å². The Hall–Kier alpha value is -2.08. The number of allylic oxidation sites excluding steroid dienone is 1. The van der Waals surface area contributed by atoms with E-state index in [4.69, 9.17) is 10.4 Å². The fourth-order valence-electron chi connectivity index (χ4n) is 1.45. The third kappa shape index (κ3) is 3.46. The second-order valence-corrected chi connectivity index (χ2v) is 4.84. The molecule has 3 nitrogen and oxygen atoms in total. The predicted octanol–water partition coefficient (Wildman–Crippen LogP) is 2.98. The molecule has 0 aliphatic carbocycles. The molecule has 1 aromatic rings. The molecule has 0 heterocycles. The molecule has 3 heteroatoms. The summed E-state index contributed by atoms with van der Waals surface area (Å²) < 4.78 is 0. The third-order valence-electron chi connectivity index (χ3n) is 2.45. The van der Waals surface area contributed by atoms with Crippen molar-refractivity contribution in [2.45, 2.75) is 26.2 Å². The van der Waals surface area contributed by atoms with Crippen molar-refractivity contribution in [1.29, 1.82) is 5.26 Å². The maximum atomic E-state index is 10.5. The second kappa shape index (κ2) is 4.84. The lowest BCUT2D eigenvalue weighted by atomic mass is 9.86. The molecular formula is C14H15NO2. The zero-order chi connectivity index (χ0) is 13.1. The molecule has 1 aromatic carbocycles. The minimum absolute atomic E-state index is 0.0435. The van der Waals surface area contributed by atoms with Crippen molar-refractivity contribution in [3.63, 3.8) is 0 Å². The number of rotatable bonds is 2. The number of nitrogens with zero attached hydrogens (tertiary/aromatic N) is 1. The molecule has 0 atom stereocenters.